The molecule has 134 valence electrons. The van der Waals surface area contributed by atoms with Gasteiger partial charge in [-0.25, -0.2) is 8.42 Å². The number of halogens is 3. The topological polar surface area (TPSA) is 90.0 Å². The molecule has 0 aliphatic carbocycles. The molecule has 0 unspecified atom stereocenters. The van der Waals surface area contributed by atoms with Crippen LogP contribution in [0.1, 0.15) is 5.56 Å². The summed E-state index contributed by atoms with van der Waals surface area (Å²) < 4.78 is 72.1. The number of benzene rings is 1. The second-order valence-corrected chi connectivity index (χ2v) is 6.39. The average molecular weight is 369 g/mol. The maximum absolute atomic E-state index is 12.7. The quantitative estimate of drug-likeness (QED) is 0.696. The van der Waals surface area contributed by atoms with E-state index in [1.54, 1.807) is 0 Å². The maximum atomic E-state index is 12.7. The summed E-state index contributed by atoms with van der Waals surface area (Å²) in [6.07, 6.45) is -4.75. The zero-order valence-electron chi connectivity index (χ0n) is 12.7. The molecule has 7 nitrogen and oxygen atoms in total. The van der Waals surface area contributed by atoms with Crippen molar-refractivity contribution < 1.29 is 40.7 Å². The SMILES string of the molecule is COC(=O)CN(CC(=O)OC)S(=O)(=O)c1cccc(C(F)(F)F)c1. The molecule has 0 radical (unpaired) electrons. The van der Waals surface area contributed by atoms with E-state index in [4.69, 9.17) is 0 Å². The third kappa shape index (κ3) is 4.93. The number of alkyl halides is 3. The lowest BCUT2D eigenvalue weighted by Crippen LogP contribution is -2.40. The monoisotopic (exact) mass is 369 g/mol. The summed E-state index contributed by atoms with van der Waals surface area (Å²) in [5.41, 5.74) is -1.18. The summed E-state index contributed by atoms with van der Waals surface area (Å²) in [5, 5.41) is 0. The van der Waals surface area contributed by atoms with Crippen molar-refractivity contribution in [3.63, 3.8) is 0 Å². The summed E-state index contributed by atoms with van der Waals surface area (Å²) in [6, 6.07) is 2.94. The molecule has 11 heteroatoms. The van der Waals surface area contributed by atoms with Gasteiger partial charge in [0.2, 0.25) is 10.0 Å². The molecule has 24 heavy (non-hydrogen) atoms. The number of methoxy groups -OCH3 is 2. The van der Waals surface area contributed by atoms with E-state index in [-0.39, 0.29) is 0 Å². The fourth-order valence-electron chi connectivity index (χ4n) is 1.62. The lowest BCUT2D eigenvalue weighted by Gasteiger charge is -2.20. The predicted molar refractivity (Wildman–Crippen MR) is 74.2 cm³/mol. The van der Waals surface area contributed by atoms with Crippen LogP contribution in [0.25, 0.3) is 0 Å². The highest BCUT2D eigenvalue weighted by Gasteiger charge is 2.34. The van der Waals surface area contributed by atoms with E-state index < -0.39 is 51.7 Å². The number of hydrogen-bond donors (Lipinski definition) is 0. The number of rotatable bonds is 6. The summed E-state index contributed by atoms with van der Waals surface area (Å²) in [4.78, 5) is 22.0. The van der Waals surface area contributed by atoms with Gasteiger partial charge in [0, 0.05) is 0 Å². The number of sulfonamides is 1. The molecule has 1 rings (SSSR count). The second kappa shape index (κ2) is 7.62. The number of carbonyl (C=O) groups is 2. The van der Waals surface area contributed by atoms with Crippen LogP contribution in [0.3, 0.4) is 0 Å². The largest absolute Gasteiger partial charge is 0.468 e. The second-order valence-electron chi connectivity index (χ2n) is 4.45. The Kier molecular flexibility index (Phi) is 6.32. The minimum absolute atomic E-state index is 0.375. The van der Waals surface area contributed by atoms with Crippen LogP contribution in [0.5, 0.6) is 0 Å². The van der Waals surface area contributed by atoms with Gasteiger partial charge in [0.05, 0.1) is 24.7 Å². The minimum Gasteiger partial charge on any atom is -0.468 e. The van der Waals surface area contributed by atoms with Crippen LogP contribution in [-0.2, 0) is 35.3 Å². The molecule has 1 aromatic carbocycles. The van der Waals surface area contributed by atoms with Gasteiger partial charge in [0.15, 0.2) is 0 Å². The van der Waals surface area contributed by atoms with Crippen LogP contribution in [0.15, 0.2) is 29.2 Å². The summed E-state index contributed by atoms with van der Waals surface area (Å²) in [7, 11) is -2.57. The Balaban J connectivity index is 3.29. The summed E-state index contributed by atoms with van der Waals surface area (Å²) in [6.45, 7) is -1.71. The van der Waals surface area contributed by atoms with E-state index in [0.29, 0.717) is 16.4 Å². The van der Waals surface area contributed by atoms with Gasteiger partial charge in [-0.15, -0.1) is 0 Å². The minimum atomic E-state index is -4.75. The van der Waals surface area contributed by atoms with Crippen LogP contribution < -0.4 is 0 Å². The van der Waals surface area contributed by atoms with E-state index in [1.165, 1.54) is 0 Å². The smallest absolute Gasteiger partial charge is 0.416 e. The number of nitrogens with zero attached hydrogens (tertiary/aromatic N) is 1. The van der Waals surface area contributed by atoms with Crippen molar-refractivity contribution in [3.8, 4) is 0 Å². The Morgan fingerprint density at radius 3 is 2.00 bits per heavy atom. The zero-order chi connectivity index (χ0) is 18.5. The number of ether oxygens (including phenoxy) is 2. The molecule has 0 N–H and O–H groups in total. The highest BCUT2D eigenvalue weighted by atomic mass is 32.2. The van der Waals surface area contributed by atoms with E-state index in [9.17, 15) is 31.2 Å². The molecule has 0 aromatic heterocycles. The fraction of sp³-hybridized carbons (Fsp3) is 0.385. The van der Waals surface area contributed by atoms with Crippen molar-refractivity contribution >= 4 is 22.0 Å². The van der Waals surface area contributed by atoms with Crippen molar-refractivity contribution in [2.75, 3.05) is 27.3 Å². The lowest BCUT2D eigenvalue weighted by molar-refractivity contribution is -0.143. The standard InChI is InChI=1S/C13H14F3NO6S/c1-22-11(18)7-17(8-12(19)23-2)24(20,21)10-5-3-4-9(6-10)13(14,15)16/h3-6H,7-8H2,1-2H3. The molecule has 0 bridgehead atoms. The van der Waals surface area contributed by atoms with E-state index in [2.05, 4.69) is 9.47 Å². The predicted octanol–water partition coefficient (Wildman–Crippen LogP) is 1.04. The Morgan fingerprint density at radius 2 is 1.58 bits per heavy atom. The van der Waals surface area contributed by atoms with Crippen molar-refractivity contribution in [1.29, 1.82) is 0 Å². The first-order valence-corrected chi connectivity index (χ1v) is 7.77. The van der Waals surface area contributed by atoms with Crippen molar-refractivity contribution in [3.05, 3.63) is 29.8 Å². The molecule has 0 heterocycles. The highest BCUT2D eigenvalue weighted by molar-refractivity contribution is 7.89. The normalized spacial score (nSPS) is 12.1. The van der Waals surface area contributed by atoms with Gasteiger partial charge >= 0.3 is 18.1 Å². The third-order valence-electron chi connectivity index (χ3n) is 2.87. The number of esters is 2. The van der Waals surface area contributed by atoms with Gasteiger partial charge in [0.1, 0.15) is 13.1 Å². The molecule has 0 saturated carbocycles. The molecule has 0 amide bonds. The van der Waals surface area contributed by atoms with E-state index in [1.807, 2.05) is 0 Å². The van der Waals surface area contributed by atoms with Crippen molar-refractivity contribution in [1.82, 2.24) is 4.31 Å². The van der Waals surface area contributed by atoms with Crippen LogP contribution in [0.2, 0.25) is 0 Å². The fourth-order valence-corrected chi connectivity index (χ4v) is 3.00. The van der Waals surface area contributed by atoms with Gasteiger partial charge in [-0.2, -0.15) is 17.5 Å². The summed E-state index contributed by atoms with van der Waals surface area (Å²) >= 11 is 0. The van der Waals surface area contributed by atoms with Crippen molar-refractivity contribution in [2.24, 2.45) is 0 Å². The first-order chi connectivity index (χ1) is 11.0. The van der Waals surface area contributed by atoms with Crippen LogP contribution in [-0.4, -0.2) is 52.0 Å². The zero-order valence-corrected chi connectivity index (χ0v) is 13.5. The molecular formula is C13H14F3NO6S. The highest BCUT2D eigenvalue weighted by Crippen LogP contribution is 2.31. The molecule has 0 atom stereocenters. The van der Waals surface area contributed by atoms with Crippen molar-refractivity contribution in [2.45, 2.75) is 11.1 Å². The Bertz CT molecular complexity index is 699. The number of hydrogen-bond acceptors (Lipinski definition) is 6. The van der Waals surface area contributed by atoms with Gasteiger partial charge in [-0.1, -0.05) is 6.07 Å². The van der Waals surface area contributed by atoms with Gasteiger partial charge < -0.3 is 9.47 Å². The lowest BCUT2D eigenvalue weighted by atomic mass is 10.2. The summed E-state index contributed by atoms with van der Waals surface area (Å²) in [5.74, 6) is -1.98. The number of carbonyl (C=O) groups excluding carboxylic acids is 2. The Labute approximate surface area is 136 Å². The third-order valence-corrected chi connectivity index (χ3v) is 4.65. The van der Waals surface area contributed by atoms with Crippen LogP contribution in [0.4, 0.5) is 13.2 Å². The average Bonchev–Trinajstić information content (AvgIpc) is 2.53. The van der Waals surface area contributed by atoms with Gasteiger partial charge in [-0.3, -0.25) is 9.59 Å². The molecule has 0 saturated heterocycles. The molecule has 0 aliphatic heterocycles. The van der Waals surface area contributed by atoms with E-state index in [0.717, 1.165) is 26.4 Å². The van der Waals surface area contributed by atoms with Gasteiger partial charge in [-0.05, 0) is 18.2 Å². The van der Waals surface area contributed by atoms with Crippen LogP contribution in [0, 0.1) is 0 Å². The van der Waals surface area contributed by atoms with Crippen LogP contribution >= 0.6 is 0 Å². The molecule has 0 spiro atoms. The first-order valence-electron chi connectivity index (χ1n) is 6.33. The molecule has 0 aliphatic rings. The molecular weight excluding hydrogens is 355 g/mol. The maximum Gasteiger partial charge on any atom is 0.416 e. The Hall–Kier alpha value is -2.14. The molecule has 0 fully saturated rings. The first kappa shape index (κ1) is 19.9. The van der Waals surface area contributed by atoms with Gasteiger partial charge in [0.25, 0.3) is 0 Å². The molecule has 1 aromatic rings. The Morgan fingerprint density at radius 1 is 1.08 bits per heavy atom. The van der Waals surface area contributed by atoms with E-state index >= 15 is 0 Å².